The van der Waals surface area contributed by atoms with Crippen LogP contribution in [0.3, 0.4) is 0 Å². The highest BCUT2D eigenvalue weighted by molar-refractivity contribution is 5.84. The van der Waals surface area contributed by atoms with Gasteiger partial charge in [0.25, 0.3) is 0 Å². The van der Waals surface area contributed by atoms with Crippen molar-refractivity contribution in [3.63, 3.8) is 0 Å². The molecule has 1 nitrogen and oxygen atoms in total. The molecule has 0 spiro atoms. The molecule has 0 aliphatic rings. The van der Waals surface area contributed by atoms with Gasteiger partial charge in [-0.25, -0.2) is 13.2 Å². The molecule has 4 aromatic carbocycles. The molecule has 0 bridgehead atoms. The summed E-state index contributed by atoms with van der Waals surface area (Å²) in [6.07, 6.45) is 4.40. The number of hydrogen-bond donors (Lipinski definition) is 0. The molecule has 0 aliphatic heterocycles. The second-order valence-electron chi connectivity index (χ2n) is 8.68. The Hall–Kier alpha value is -3.27. The molecule has 0 saturated heterocycles. The van der Waals surface area contributed by atoms with E-state index in [2.05, 4.69) is 6.92 Å². The second kappa shape index (κ2) is 11.2. The normalized spacial score (nSPS) is 11.2. The lowest BCUT2D eigenvalue weighted by Gasteiger charge is -2.10. The van der Waals surface area contributed by atoms with Gasteiger partial charge in [-0.3, -0.25) is 0 Å². The molecule has 4 heteroatoms. The molecule has 0 aromatic heterocycles. The largest absolute Gasteiger partial charge is 0.493 e. The molecule has 4 rings (SSSR count). The molecule has 0 atom stereocenters. The Labute approximate surface area is 199 Å². The van der Waals surface area contributed by atoms with Crippen LogP contribution in [0.2, 0.25) is 0 Å². The Morgan fingerprint density at radius 1 is 0.676 bits per heavy atom. The number of hydrogen-bond acceptors (Lipinski definition) is 1. The van der Waals surface area contributed by atoms with Crippen molar-refractivity contribution in [1.29, 1.82) is 0 Å². The van der Waals surface area contributed by atoms with E-state index in [1.165, 1.54) is 18.2 Å². The molecule has 0 radical (unpaired) electrons. The molecule has 0 saturated carbocycles. The van der Waals surface area contributed by atoms with Crippen LogP contribution in [-0.2, 0) is 25.7 Å². The smallest absolute Gasteiger partial charge is 0.134 e. The highest BCUT2D eigenvalue weighted by Gasteiger charge is 2.10. The first kappa shape index (κ1) is 23.9. The summed E-state index contributed by atoms with van der Waals surface area (Å²) in [6, 6.07) is 20.8. The van der Waals surface area contributed by atoms with Crippen LogP contribution in [0.4, 0.5) is 13.2 Å². The van der Waals surface area contributed by atoms with E-state index in [4.69, 9.17) is 4.74 Å². The van der Waals surface area contributed by atoms with Crippen molar-refractivity contribution in [2.24, 2.45) is 0 Å². The van der Waals surface area contributed by atoms with E-state index in [1.54, 1.807) is 18.2 Å². The van der Waals surface area contributed by atoms with Gasteiger partial charge in [0, 0.05) is 11.5 Å². The van der Waals surface area contributed by atoms with Crippen LogP contribution in [0.1, 0.15) is 42.0 Å². The van der Waals surface area contributed by atoms with E-state index in [-0.39, 0.29) is 17.5 Å². The average Bonchev–Trinajstić information content (AvgIpc) is 2.84. The maximum Gasteiger partial charge on any atom is 0.134 e. The van der Waals surface area contributed by atoms with E-state index in [0.29, 0.717) is 54.6 Å². The van der Waals surface area contributed by atoms with Gasteiger partial charge in [-0.15, -0.1) is 0 Å². The highest BCUT2D eigenvalue weighted by Crippen LogP contribution is 2.25. The van der Waals surface area contributed by atoms with Gasteiger partial charge in [-0.2, -0.15) is 0 Å². The quantitative estimate of drug-likeness (QED) is 0.217. The van der Waals surface area contributed by atoms with Gasteiger partial charge in [0.1, 0.15) is 23.2 Å². The van der Waals surface area contributed by atoms with Gasteiger partial charge >= 0.3 is 0 Å². The summed E-state index contributed by atoms with van der Waals surface area (Å²) in [5, 5.41) is 1.42. The molecule has 0 fully saturated rings. The molecule has 176 valence electrons. The van der Waals surface area contributed by atoms with Gasteiger partial charge in [-0.1, -0.05) is 61.9 Å². The van der Waals surface area contributed by atoms with Crippen LogP contribution in [0.15, 0.2) is 72.8 Å². The van der Waals surface area contributed by atoms with Crippen molar-refractivity contribution in [1.82, 2.24) is 0 Å². The van der Waals surface area contributed by atoms with E-state index < -0.39 is 0 Å². The molecular formula is C30H29F3O. The zero-order valence-corrected chi connectivity index (χ0v) is 19.4. The summed E-state index contributed by atoms with van der Waals surface area (Å²) in [5.74, 6) is -0.179. The maximum absolute atomic E-state index is 15.1. The molecule has 0 unspecified atom stereocenters. The van der Waals surface area contributed by atoms with Gasteiger partial charge in [0.15, 0.2) is 0 Å². The number of benzene rings is 4. The maximum atomic E-state index is 15.1. The minimum atomic E-state index is -0.271. The number of ether oxygens (including phenoxy) is 1. The van der Waals surface area contributed by atoms with Crippen molar-refractivity contribution >= 4 is 10.8 Å². The van der Waals surface area contributed by atoms with Crippen molar-refractivity contribution in [2.45, 2.75) is 45.4 Å². The van der Waals surface area contributed by atoms with E-state index in [9.17, 15) is 8.78 Å². The lowest BCUT2D eigenvalue weighted by Crippen LogP contribution is -2.00. The number of halogens is 3. The van der Waals surface area contributed by atoms with Crippen LogP contribution in [0.25, 0.3) is 10.8 Å². The Bertz CT molecular complexity index is 1250. The molecule has 4 aromatic rings. The van der Waals surface area contributed by atoms with Crippen LogP contribution >= 0.6 is 0 Å². The molecule has 34 heavy (non-hydrogen) atoms. The number of aryl methyl sites for hydroxylation is 4. The monoisotopic (exact) mass is 462 g/mol. The van der Waals surface area contributed by atoms with Gasteiger partial charge in [0.05, 0.1) is 6.61 Å². The summed E-state index contributed by atoms with van der Waals surface area (Å²) < 4.78 is 48.2. The van der Waals surface area contributed by atoms with E-state index in [0.717, 1.165) is 29.4 Å². The number of unbranched alkanes of at least 4 members (excludes halogenated alkanes) is 1. The molecule has 0 N–H and O–H groups in total. The van der Waals surface area contributed by atoms with Crippen molar-refractivity contribution in [3.8, 4) is 5.75 Å². The number of fused-ring (bicyclic) bond motifs is 1. The van der Waals surface area contributed by atoms with Crippen molar-refractivity contribution in [2.75, 3.05) is 6.61 Å². The number of rotatable bonds is 10. The average molecular weight is 463 g/mol. The molecule has 0 aliphatic carbocycles. The standard InChI is InChI=1S/C30H29F3O/c1-2-3-18-34-27-16-13-23(29(32)20-27)9-5-22-8-17-28-25(19-22)12-11-24(30(28)33)10-4-21-6-14-26(31)15-7-21/h6-8,11-17,19-20H,2-5,9-10,18H2,1H3. The minimum Gasteiger partial charge on any atom is -0.493 e. The topological polar surface area (TPSA) is 9.23 Å². The summed E-state index contributed by atoms with van der Waals surface area (Å²) in [5.41, 5.74) is 3.30. The Morgan fingerprint density at radius 2 is 1.38 bits per heavy atom. The molecule has 0 amide bonds. The lowest BCUT2D eigenvalue weighted by molar-refractivity contribution is 0.307. The minimum absolute atomic E-state index is 0.212. The Morgan fingerprint density at radius 3 is 2.15 bits per heavy atom. The van der Waals surface area contributed by atoms with Gasteiger partial charge in [0.2, 0.25) is 0 Å². The lowest BCUT2D eigenvalue weighted by atomic mass is 9.97. The summed E-state index contributed by atoms with van der Waals surface area (Å²) in [7, 11) is 0. The first-order valence-electron chi connectivity index (χ1n) is 11.9. The van der Waals surface area contributed by atoms with Crippen molar-refractivity contribution in [3.05, 3.63) is 113 Å². The first-order chi connectivity index (χ1) is 16.5. The fourth-order valence-electron chi connectivity index (χ4n) is 4.10. The zero-order valence-electron chi connectivity index (χ0n) is 19.4. The third-order valence-electron chi connectivity index (χ3n) is 6.17. The predicted octanol–water partition coefficient (Wildman–Crippen LogP) is 8.01. The van der Waals surface area contributed by atoms with Crippen LogP contribution < -0.4 is 4.74 Å². The van der Waals surface area contributed by atoms with Crippen LogP contribution in [0, 0.1) is 17.5 Å². The predicted molar refractivity (Wildman–Crippen MR) is 132 cm³/mol. The van der Waals surface area contributed by atoms with Crippen LogP contribution in [-0.4, -0.2) is 6.61 Å². The second-order valence-corrected chi connectivity index (χ2v) is 8.68. The third-order valence-corrected chi connectivity index (χ3v) is 6.17. The van der Waals surface area contributed by atoms with Crippen molar-refractivity contribution < 1.29 is 17.9 Å². The Kier molecular flexibility index (Phi) is 7.89. The van der Waals surface area contributed by atoms with Gasteiger partial charge in [-0.05, 0) is 77.9 Å². The Balaban J connectivity index is 1.40. The first-order valence-corrected chi connectivity index (χ1v) is 11.9. The third kappa shape index (κ3) is 5.99. The van der Waals surface area contributed by atoms with E-state index >= 15 is 4.39 Å². The fourth-order valence-corrected chi connectivity index (χ4v) is 4.10. The summed E-state index contributed by atoms with van der Waals surface area (Å²) in [4.78, 5) is 0. The molecule has 0 heterocycles. The SMILES string of the molecule is CCCCOc1ccc(CCc2ccc3c(F)c(CCc4ccc(F)cc4)ccc3c2)c(F)c1. The fraction of sp³-hybridized carbons (Fsp3) is 0.267. The summed E-state index contributed by atoms with van der Waals surface area (Å²) >= 11 is 0. The zero-order chi connectivity index (χ0) is 23.9. The highest BCUT2D eigenvalue weighted by atomic mass is 19.1. The molecular weight excluding hydrogens is 433 g/mol. The van der Waals surface area contributed by atoms with E-state index in [1.807, 2.05) is 36.4 Å². The summed E-state index contributed by atoms with van der Waals surface area (Å²) in [6.45, 7) is 2.68. The van der Waals surface area contributed by atoms with Gasteiger partial charge < -0.3 is 4.74 Å². The van der Waals surface area contributed by atoms with Crippen LogP contribution in [0.5, 0.6) is 5.75 Å².